The molecule has 1 aromatic carbocycles. The Kier molecular flexibility index (Phi) is 3.76. The second kappa shape index (κ2) is 6.08. The number of para-hydroxylation sites is 1. The lowest BCUT2D eigenvalue weighted by Gasteiger charge is -2.17. The lowest BCUT2D eigenvalue weighted by molar-refractivity contribution is 0.0772. The number of fused-ring (bicyclic) bond motifs is 1. The Morgan fingerprint density at radius 2 is 2.16 bits per heavy atom. The Balaban J connectivity index is 1.54. The van der Waals surface area contributed by atoms with E-state index < -0.39 is 5.76 Å². The molecule has 7 nitrogen and oxygen atoms in total. The number of nitrogens with zero attached hydrogens (tertiary/aromatic N) is 3. The average molecular weight is 339 g/mol. The Hall–Kier alpha value is -3.09. The van der Waals surface area contributed by atoms with Crippen LogP contribution in [0.15, 0.2) is 51.8 Å². The maximum atomic E-state index is 12.9. The van der Waals surface area contributed by atoms with Crippen molar-refractivity contribution in [3.63, 3.8) is 0 Å². The van der Waals surface area contributed by atoms with E-state index in [0.717, 1.165) is 6.42 Å². The standard InChI is InChI=1S/C18H17N3O4/c1-20-14-6-4-5-13(16(14)25-18(20)23)17(22)21-10-8-12(11-21)24-15-7-2-3-9-19-15/h2-7,9,12H,8,10-11H2,1H3. The Morgan fingerprint density at radius 1 is 1.28 bits per heavy atom. The molecule has 1 fully saturated rings. The summed E-state index contributed by atoms with van der Waals surface area (Å²) < 4.78 is 12.5. The van der Waals surface area contributed by atoms with Crippen LogP contribution >= 0.6 is 0 Å². The highest BCUT2D eigenvalue weighted by Crippen LogP contribution is 2.22. The minimum atomic E-state index is -0.479. The number of hydrogen-bond acceptors (Lipinski definition) is 5. The summed E-state index contributed by atoms with van der Waals surface area (Å²) in [7, 11) is 1.62. The van der Waals surface area contributed by atoms with Crippen molar-refractivity contribution in [1.29, 1.82) is 0 Å². The van der Waals surface area contributed by atoms with Gasteiger partial charge < -0.3 is 14.1 Å². The van der Waals surface area contributed by atoms with Crippen molar-refractivity contribution in [2.45, 2.75) is 12.5 Å². The summed E-state index contributed by atoms with van der Waals surface area (Å²) in [4.78, 5) is 30.5. The van der Waals surface area contributed by atoms with Crippen molar-refractivity contribution in [1.82, 2.24) is 14.5 Å². The molecule has 0 radical (unpaired) electrons. The van der Waals surface area contributed by atoms with Gasteiger partial charge in [0.15, 0.2) is 5.58 Å². The third-order valence-corrected chi connectivity index (χ3v) is 4.41. The van der Waals surface area contributed by atoms with E-state index in [1.54, 1.807) is 42.4 Å². The van der Waals surface area contributed by atoms with Crippen LogP contribution in [0.4, 0.5) is 0 Å². The molecule has 0 N–H and O–H groups in total. The molecule has 0 bridgehead atoms. The number of hydrogen-bond donors (Lipinski definition) is 0. The molecule has 128 valence electrons. The monoisotopic (exact) mass is 339 g/mol. The van der Waals surface area contributed by atoms with Crippen LogP contribution in [0.2, 0.25) is 0 Å². The van der Waals surface area contributed by atoms with E-state index in [4.69, 9.17) is 9.15 Å². The number of aryl methyl sites for hydroxylation is 1. The van der Waals surface area contributed by atoms with Crippen molar-refractivity contribution in [3.05, 3.63) is 58.7 Å². The summed E-state index contributed by atoms with van der Waals surface area (Å²) in [5.41, 5.74) is 1.33. The highest BCUT2D eigenvalue weighted by Gasteiger charge is 2.30. The number of carbonyl (C=O) groups excluding carboxylic acids is 1. The van der Waals surface area contributed by atoms with Gasteiger partial charge in [0.1, 0.15) is 6.10 Å². The van der Waals surface area contributed by atoms with Crippen LogP contribution in [0.25, 0.3) is 11.1 Å². The predicted octanol–water partition coefficient (Wildman–Crippen LogP) is 1.82. The molecule has 4 rings (SSSR count). The van der Waals surface area contributed by atoms with Crippen molar-refractivity contribution >= 4 is 17.0 Å². The van der Waals surface area contributed by atoms with Crippen molar-refractivity contribution < 1.29 is 13.9 Å². The second-order valence-electron chi connectivity index (χ2n) is 6.03. The SMILES string of the molecule is Cn1c(=O)oc2c(C(=O)N3CCC(Oc4ccccn4)C3)cccc21. The molecule has 0 aliphatic carbocycles. The molecule has 0 saturated carbocycles. The number of carbonyl (C=O) groups is 1. The van der Waals surface area contributed by atoms with Crippen LogP contribution in [0.3, 0.4) is 0 Å². The van der Waals surface area contributed by atoms with E-state index in [-0.39, 0.29) is 12.0 Å². The van der Waals surface area contributed by atoms with Gasteiger partial charge in [0.05, 0.1) is 17.6 Å². The molecule has 3 heterocycles. The molecule has 1 saturated heterocycles. The molecule has 1 aliphatic heterocycles. The van der Waals surface area contributed by atoms with Gasteiger partial charge in [0.2, 0.25) is 5.88 Å². The highest BCUT2D eigenvalue weighted by molar-refractivity contribution is 6.04. The number of oxazole rings is 1. The van der Waals surface area contributed by atoms with E-state index in [2.05, 4.69) is 4.98 Å². The third-order valence-electron chi connectivity index (χ3n) is 4.41. The number of aromatic nitrogens is 2. The summed E-state index contributed by atoms with van der Waals surface area (Å²) in [6.07, 6.45) is 2.31. The fraction of sp³-hybridized carbons (Fsp3) is 0.278. The van der Waals surface area contributed by atoms with Crippen LogP contribution < -0.4 is 10.5 Å². The molecule has 1 unspecified atom stereocenters. The number of ether oxygens (including phenoxy) is 1. The van der Waals surface area contributed by atoms with E-state index in [1.165, 1.54) is 4.57 Å². The van der Waals surface area contributed by atoms with Gasteiger partial charge in [-0.25, -0.2) is 9.78 Å². The summed E-state index contributed by atoms with van der Waals surface area (Å²) >= 11 is 0. The lowest BCUT2D eigenvalue weighted by Crippen LogP contribution is -2.31. The number of amides is 1. The number of benzene rings is 1. The minimum Gasteiger partial charge on any atom is -0.472 e. The van der Waals surface area contributed by atoms with Gasteiger partial charge in [-0.1, -0.05) is 12.1 Å². The zero-order chi connectivity index (χ0) is 17.4. The van der Waals surface area contributed by atoms with E-state index in [1.807, 2.05) is 12.1 Å². The summed E-state index contributed by atoms with van der Waals surface area (Å²) in [5, 5.41) is 0. The normalized spacial score (nSPS) is 17.2. The molecule has 3 aromatic rings. The van der Waals surface area contributed by atoms with Gasteiger partial charge in [-0.15, -0.1) is 0 Å². The number of pyridine rings is 1. The molecular weight excluding hydrogens is 322 g/mol. The van der Waals surface area contributed by atoms with Crippen molar-refractivity contribution in [2.75, 3.05) is 13.1 Å². The smallest absolute Gasteiger partial charge is 0.419 e. The highest BCUT2D eigenvalue weighted by atomic mass is 16.5. The van der Waals surface area contributed by atoms with Gasteiger partial charge in [-0.05, 0) is 18.2 Å². The van der Waals surface area contributed by atoms with E-state index >= 15 is 0 Å². The Labute approximate surface area is 143 Å². The average Bonchev–Trinajstić information content (AvgIpc) is 3.20. The molecule has 2 aromatic heterocycles. The summed E-state index contributed by atoms with van der Waals surface area (Å²) in [5.74, 6) is -0.0851. The van der Waals surface area contributed by atoms with Crippen molar-refractivity contribution in [2.24, 2.45) is 7.05 Å². The predicted molar refractivity (Wildman–Crippen MR) is 90.6 cm³/mol. The van der Waals surface area contributed by atoms with Gasteiger partial charge in [0, 0.05) is 32.3 Å². The van der Waals surface area contributed by atoms with Crippen LogP contribution in [-0.2, 0) is 7.05 Å². The van der Waals surface area contributed by atoms with Gasteiger partial charge in [-0.2, -0.15) is 0 Å². The Morgan fingerprint density at radius 3 is 2.96 bits per heavy atom. The zero-order valence-electron chi connectivity index (χ0n) is 13.7. The Bertz CT molecular complexity index is 977. The lowest BCUT2D eigenvalue weighted by atomic mass is 10.1. The maximum absolute atomic E-state index is 12.9. The molecule has 1 atom stereocenters. The fourth-order valence-corrected chi connectivity index (χ4v) is 3.09. The quantitative estimate of drug-likeness (QED) is 0.727. The van der Waals surface area contributed by atoms with Gasteiger partial charge in [0.25, 0.3) is 5.91 Å². The first kappa shape index (κ1) is 15.4. The minimum absolute atomic E-state index is 0.0964. The molecule has 25 heavy (non-hydrogen) atoms. The van der Waals surface area contributed by atoms with Crippen LogP contribution in [0.1, 0.15) is 16.8 Å². The van der Waals surface area contributed by atoms with Gasteiger partial charge in [-0.3, -0.25) is 9.36 Å². The largest absolute Gasteiger partial charge is 0.472 e. The second-order valence-corrected chi connectivity index (χ2v) is 6.03. The molecule has 1 amide bonds. The fourth-order valence-electron chi connectivity index (χ4n) is 3.09. The third kappa shape index (κ3) is 2.77. The van der Waals surface area contributed by atoms with E-state index in [0.29, 0.717) is 35.6 Å². The van der Waals surface area contributed by atoms with Crippen LogP contribution in [0, 0.1) is 0 Å². The maximum Gasteiger partial charge on any atom is 0.419 e. The zero-order valence-corrected chi connectivity index (χ0v) is 13.7. The first-order chi connectivity index (χ1) is 12.1. The summed E-state index contributed by atoms with van der Waals surface area (Å²) in [6.45, 7) is 1.06. The van der Waals surface area contributed by atoms with E-state index in [9.17, 15) is 9.59 Å². The first-order valence-corrected chi connectivity index (χ1v) is 8.09. The molecular formula is C18H17N3O4. The van der Waals surface area contributed by atoms with Crippen LogP contribution in [-0.4, -0.2) is 39.6 Å². The molecule has 1 aliphatic rings. The van der Waals surface area contributed by atoms with Crippen LogP contribution in [0.5, 0.6) is 5.88 Å². The molecule has 0 spiro atoms. The van der Waals surface area contributed by atoms with Crippen molar-refractivity contribution in [3.8, 4) is 5.88 Å². The van der Waals surface area contributed by atoms with Gasteiger partial charge >= 0.3 is 5.76 Å². The topological polar surface area (TPSA) is 77.6 Å². The number of likely N-dealkylation sites (tertiary alicyclic amines) is 1. The molecule has 7 heteroatoms. The summed E-state index contributed by atoms with van der Waals surface area (Å²) in [6, 6.07) is 10.7. The number of rotatable bonds is 3. The first-order valence-electron chi connectivity index (χ1n) is 8.09.